The van der Waals surface area contributed by atoms with Gasteiger partial charge in [-0.1, -0.05) is 48.0 Å². The third kappa shape index (κ3) is 6.84. The molecule has 3 aromatic carbocycles. The van der Waals surface area contributed by atoms with Crippen LogP contribution in [0.1, 0.15) is 22.3 Å². The molecule has 0 aliphatic heterocycles. The number of methoxy groups -OCH3 is 1. The van der Waals surface area contributed by atoms with Crippen LogP contribution >= 0.6 is 11.6 Å². The molecule has 0 fully saturated rings. The van der Waals surface area contributed by atoms with Gasteiger partial charge in [-0.05, 0) is 55.3 Å². The van der Waals surface area contributed by atoms with E-state index >= 15 is 0 Å². The highest BCUT2D eigenvalue weighted by Gasteiger charge is 2.28. The zero-order chi connectivity index (χ0) is 26.1. The lowest BCUT2D eigenvalue weighted by molar-refractivity contribution is -0.114. The van der Waals surface area contributed by atoms with E-state index in [-0.39, 0.29) is 27.7 Å². The summed E-state index contributed by atoms with van der Waals surface area (Å²) in [6, 6.07) is 19.1. The van der Waals surface area contributed by atoms with Gasteiger partial charge in [0.05, 0.1) is 21.8 Å². The Labute approximate surface area is 216 Å². The monoisotopic (exact) mass is 529 g/mol. The van der Waals surface area contributed by atoms with Crippen molar-refractivity contribution >= 4 is 44.8 Å². The van der Waals surface area contributed by atoms with Crippen molar-refractivity contribution in [1.82, 2.24) is 5.32 Å². The summed E-state index contributed by atoms with van der Waals surface area (Å²) in [6.45, 7) is 2.19. The molecule has 0 bridgehead atoms. The quantitative estimate of drug-likeness (QED) is 0.361. The first kappa shape index (κ1) is 27.2. The van der Waals surface area contributed by atoms with Gasteiger partial charge in [0.25, 0.3) is 15.9 Å². The number of aryl methyl sites for hydroxylation is 1. The zero-order valence-corrected chi connectivity index (χ0v) is 21.6. The average Bonchev–Trinajstić information content (AvgIpc) is 2.87. The number of amides is 2. The number of benzene rings is 3. The second kappa shape index (κ2) is 12.5. The number of hydrogen-bond donors (Lipinski definition) is 2. The van der Waals surface area contributed by atoms with Crippen LogP contribution < -0.4 is 14.9 Å². The highest BCUT2D eigenvalue weighted by atomic mass is 35.5. The van der Waals surface area contributed by atoms with Gasteiger partial charge >= 0.3 is 0 Å². The molecular weight excluding hydrogens is 502 g/mol. The largest absolute Gasteiger partial charge is 0.385 e. The summed E-state index contributed by atoms with van der Waals surface area (Å²) in [5.41, 5.74) is 1.55. The summed E-state index contributed by atoms with van der Waals surface area (Å²) in [6.07, 6.45) is 0.641. The van der Waals surface area contributed by atoms with Crippen molar-refractivity contribution in [2.45, 2.75) is 18.2 Å². The van der Waals surface area contributed by atoms with Gasteiger partial charge in [-0.3, -0.25) is 13.9 Å². The lowest BCUT2D eigenvalue weighted by atomic mass is 10.1. The van der Waals surface area contributed by atoms with Crippen molar-refractivity contribution in [3.05, 3.63) is 88.9 Å². The number of anilines is 2. The molecule has 0 heterocycles. The molecular formula is C26H28ClN3O5S. The van der Waals surface area contributed by atoms with E-state index in [0.29, 0.717) is 24.6 Å². The minimum Gasteiger partial charge on any atom is -0.385 e. The standard InChI is InChI=1S/C26H28ClN3O5S/c1-19-13-14-20(17-23(19)27)30(36(33,34)21-9-4-3-5-10-21)18-25(31)29-24-12-7-6-11-22(24)26(32)28-15-8-16-35-2/h3-7,9-14,17H,8,15-16,18H2,1-2H3,(H,28,32)(H,29,31). The Morgan fingerprint density at radius 2 is 1.69 bits per heavy atom. The molecule has 2 N–H and O–H groups in total. The predicted octanol–water partition coefficient (Wildman–Crippen LogP) is 4.25. The Bertz CT molecular complexity index is 1320. The number of nitrogens with one attached hydrogen (secondary N) is 2. The molecule has 3 aromatic rings. The third-order valence-corrected chi connectivity index (χ3v) is 7.51. The molecule has 0 aromatic heterocycles. The normalized spacial score (nSPS) is 11.1. The number of ether oxygens (including phenoxy) is 1. The summed E-state index contributed by atoms with van der Waals surface area (Å²) in [7, 11) is -2.51. The van der Waals surface area contributed by atoms with Gasteiger partial charge in [0, 0.05) is 25.3 Å². The fourth-order valence-corrected chi connectivity index (χ4v) is 5.00. The fourth-order valence-electron chi connectivity index (χ4n) is 3.40. The Hall–Kier alpha value is -3.40. The SMILES string of the molecule is COCCCNC(=O)c1ccccc1NC(=O)CN(c1ccc(C)c(Cl)c1)S(=O)(=O)c1ccccc1. The van der Waals surface area contributed by atoms with Gasteiger partial charge in [0.1, 0.15) is 6.54 Å². The third-order valence-electron chi connectivity index (χ3n) is 5.32. The maximum absolute atomic E-state index is 13.5. The number of carbonyl (C=O) groups is 2. The number of nitrogens with zero attached hydrogens (tertiary/aromatic N) is 1. The highest BCUT2D eigenvalue weighted by Crippen LogP contribution is 2.28. The van der Waals surface area contributed by atoms with Gasteiger partial charge in [-0.25, -0.2) is 8.42 Å². The van der Waals surface area contributed by atoms with Gasteiger partial charge in [0.15, 0.2) is 0 Å². The van der Waals surface area contributed by atoms with E-state index in [0.717, 1.165) is 9.87 Å². The summed E-state index contributed by atoms with van der Waals surface area (Å²) in [5.74, 6) is -0.980. The van der Waals surface area contributed by atoms with Crippen molar-refractivity contribution in [2.75, 3.05) is 36.4 Å². The van der Waals surface area contributed by atoms with E-state index in [9.17, 15) is 18.0 Å². The Kier molecular flexibility index (Phi) is 9.46. The minimum absolute atomic E-state index is 0.0327. The number of halogens is 1. The number of carbonyl (C=O) groups excluding carboxylic acids is 2. The Morgan fingerprint density at radius 1 is 1.00 bits per heavy atom. The maximum Gasteiger partial charge on any atom is 0.264 e. The first-order valence-electron chi connectivity index (χ1n) is 11.2. The molecule has 10 heteroatoms. The van der Waals surface area contributed by atoms with Crippen molar-refractivity contribution in [2.24, 2.45) is 0 Å². The fraction of sp³-hybridized carbons (Fsp3) is 0.231. The van der Waals surface area contributed by atoms with E-state index in [2.05, 4.69) is 10.6 Å². The van der Waals surface area contributed by atoms with Crippen LogP contribution in [-0.4, -0.2) is 47.0 Å². The van der Waals surface area contributed by atoms with Gasteiger partial charge in [-0.2, -0.15) is 0 Å². The molecule has 0 aliphatic rings. The first-order chi connectivity index (χ1) is 17.2. The Balaban J connectivity index is 1.86. The molecule has 0 saturated carbocycles. The molecule has 190 valence electrons. The van der Waals surface area contributed by atoms with Crippen LogP contribution in [0.4, 0.5) is 11.4 Å². The van der Waals surface area contributed by atoms with Crippen LogP contribution in [0.25, 0.3) is 0 Å². The Morgan fingerprint density at radius 3 is 2.39 bits per heavy atom. The average molecular weight is 530 g/mol. The van der Waals surface area contributed by atoms with Crippen LogP contribution in [0, 0.1) is 6.92 Å². The molecule has 36 heavy (non-hydrogen) atoms. The molecule has 0 spiro atoms. The van der Waals surface area contributed by atoms with Gasteiger partial charge in [0.2, 0.25) is 5.91 Å². The molecule has 3 rings (SSSR count). The van der Waals surface area contributed by atoms with E-state index < -0.39 is 22.5 Å². The molecule has 2 amide bonds. The summed E-state index contributed by atoms with van der Waals surface area (Å²) >= 11 is 6.26. The second-order valence-electron chi connectivity index (χ2n) is 7.95. The number of para-hydroxylation sites is 1. The van der Waals surface area contributed by atoms with Crippen LogP contribution in [0.15, 0.2) is 77.7 Å². The topological polar surface area (TPSA) is 105 Å². The van der Waals surface area contributed by atoms with E-state index in [1.807, 2.05) is 0 Å². The summed E-state index contributed by atoms with van der Waals surface area (Å²) in [4.78, 5) is 25.8. The van der Waals surface area contributed by atoms with Crippen molar-refractivity contribution in [3.8, 4) is 0 Å². The van der Waals surface area contributed by atoms with Crippen molar-refractivity contribution < 1.29 is 22.7 Å². The van der Waals surface area contributed by atoms with Gasteiger partial charge in [-0.15, -0.1) is 0 Å². The zero-order valence-electron chi connectivity index (χ0n) is 20.0. The summed E-state index contributed by atoms with van der Waals surface area (Å²) in [5, 5.41) is 5.83. The van der Waals surface area contributed by atoms with Crippen molar-refractivity contribution in [3.63, 3.8) is 0 Å². The van der Waals surface area contributed by atoms with E-state index in [1.54, 1.807) is 68.6 Å². The smallest absolute Gasteiger partial charge is 0.264 e. The van der Waals surface area contributed by atoms with Gasteiger partial charge < -0.3 is 15.4 Å². The minimum atomic E-state index is -4.09. The van der Waals surface area contributed by atoms with Crippen LogP contribution in [0.5, 0.6) is 0 Å². The number of rotatable bonds is 11. The molecule has 0 aliphatic carbocycles. The maximum atomic E-state index is 13.5. The van der Waals surface area contributed by atoms with Crippen molar-refractivity contribution in [1.29, 1.82) is 0 Å². The van der Waals surface area contributed by atoms with Crippen LogP contribution in [-0.2, 0) is 19.6 Å². The lowest BCUT2D eigenvalue weighted by Crippen LogP contribution is -2.38. The predicted molar refractivity (Wildman–Crippen MR) is 141 cm³/mol. The van der Waals surface area contributed by atoms with E-state index in [1.165, 1.54) is 18.2 Å². The van der Waals surface area contributed by atoms with Crippen LogP contribution in [0.3, 0.4) is 0 Å². The number of sulfonamides is 1. The summed E-state index contributed by atoms with van der Waals surface area (Å²) < 4.78 is 33.0. The molecule has 8 nitrogen and oxygen atoms in total. The highest BCUT2D eigenvalue weighted by molar-refractivity contribution is 7.92. The van der Waals surface area contributed by atoms with Crippen LogP contribution in [0.2, 0.25) is 5.02 Å². The molecule has 0 saturated heterocycles. The second-order valence-corrected chi connectivity index (χ2v) is 10.2. The first-order valence-corrected chi connectivity index (χ1v) is 13.1. The molecule has 0 radical (unpaired) electrons. The number of hydrogen-bond acceptors (Lipinski definition) is 5. The van der Waals surface area contributed by atoms with E-state index in [4.69, 9.17) is 16.3 Å². The lowest BCUT2D eigenvalue weighted by Gasteiger charge is -2.25. The molecule has 0 atom stereocenters. The molecule has 0 unspecified atom stereocenters.